The molecule has 0 aromatic heterocycles. The highest BCUT2D eigenvalue weighted by Crippen LogP contribution is 2.38. The molecule has 0 spiro atoms. The van der Waals surface area contributed by atoms with Crippen LogP contribution in [-0.4, -0.2) is 24.4 Å². The minimum absolute atomic E-state index is 0.172. The summed E-state index contributed by atoms with van der Waals surface area (Å²) in [6.45, 7) is 5.48. The van der Waals surface area contributed by atoms with Crippen molar-refractivity contribution in [2.24, 2.45) is 4.99 Å². The van der Waals surface area contributed by atoms with Crippen LogP contribution in [0.4, 0.5) is 0 Å². The zero-order valence-corrected chi connectivity index (χ0v) is 17.2. The van der Waals surface area contributed by atoms with Crippen LogP contribution in [0.2, 0.25) is 0 Å². The van der Waals surface area contributed by atoms with Gasteiger partial charge in [0.2, 0.25) is 5.90 Å². The molecule has 0 amide bonds. The van der Waals surface area contributed by atoms with Gasteiger partial charge in [0, 0.05) is 12.5 Å². The Bertz CT molecular complexity index is 1010. The molecule has 1 heterocycles. The third kappa shape index (κ3) is 4.48. The Hall–Kier alpha value is -2.93. The monoisotopic (exact) mass is 443 g/mol. The summed E-state index contributed by atoms with van der Waals surface area (Å²) < 4.78 is 16.6. The highest BCUT2D eigenvalue weighted by molar-refractivity contribution is 9.10. The summed E-state index contributed by atoms with van der Waals surface area (Å²) in [5.74, 6) is -0.0580. The van der Waals surface area contributed by atoms with Gasteiger partial charge in [0.1, 0.15) is 0 Å². The van der Waals surface area contributed by atoms with E-state index in [1.807, 2.05) is 38.1 Å². The van der Waals surface area contributed by atoms with Gasteiger partial charge < -0.3 is 14.2 Å². The molecule has 6 nitrogen and oxygen atoms in total. The summed E-state index contributed by atoms with van der Waals surface area (Å²) in [7, 11) is 0. The second-order valence-electron chi connectivity index (χ2n) is 6.06. The van der Waals surface area contributed by atoms with E-state index in [0.29, 0.717) is 22.4 Å². The van der Waals surface area contributed by atoms with E-state index in [2.05, 4.69) is 20.9 Å². The molecule has 0 saturated heterocycles. The first-order valence-electron chi connectivity index (χ1n) is 8.61. The summed E-state index contributed by atoms with van der Waals surface area (Å²) in [6.07, 6.45) is 1.59. The molecule has 0 atom stereocenters. The number of halogens is 1. The molecular formula is C21H18BrNO5. The number of aryl methyl sites for hydroxylation is 1. The van der Waals surface area contributed by atoms with Gasteiger partial charge in [-0.3, -0.25) is 4.79 Å². The van der Waals surface area contributed by atoms with Gasteiger partial charge in [-0.05, 0) is 65.7 Å². The molecule has 7 heteroatoms. The number of aliphatic imine (C=N–C) groups is 1. The maximum atomic E-state index is 12.2. The third-order valence-corrected chi connectivity index (χ3v) is 4.36. The van der Waals surface area contributed by atoms with E-state index in [1.54, 1.807) is 18.2 Å². The van der Waals surface area contributed by atoms with Crippen molar-refractivity contribution < 1.29 is 23.8 Å². The van der Waals surface area contributed by atoms with Crippen LogP contribution in [0.5, 0.6) is 11.5 Å². The number of esters is 2. The van der Waals surface area contributed by atoms with Crippen LogP contribution in [-0.2, 0) is 14.3 Å². The SMILES string of the molecule is CCOc1cc(C=C2N=C(c3cccc(C)c3)OC2=O)cc(Br)c1OC(C)=O. The molecule has 0 saturated carbocycles. The van der Waals surface area contributed by atoms with Gasteiger partial charge in [0.25, 0.3) is 0 Å². The molecule has 28 heavy (non-hydrogen) atoms. The molecular weight excluding hydrogens is 426 g/mol. The molecule has 1 aliphatic heterocycles. The van der Waals surface area contributed by atoms with E-state index in [0.717, 1.165) is 11.1 Å². The largest absolute Gasteiger partial charge is 0.490 e. The van der Waals surface area contributed by atoms with Gasteiger partial charge in [-0.15, -0.1) is 0 Å². The van der Waals surface area contributed by atoms with E-state index < -0.39 is 11.9 Å². The van der Waals surface area contributed by atoms with Crippen molar-refractivity contribution in [3.05, 3.63) is 63.3 Å². The standard InChI is InChI=1S/C21H18BrNO5/c1-4-26-18-11-14(9-16(22)19(18)27-13(3)24)10-17-21(25)28-20(23-17)15-7-5-6-12(2)8-15/h5-11H,4H2,1-3H3. The fraction of sp³-hybridized carbons (Fsp3) is 0.190. The van der Waals surface area contributed by atoms with Gasteiger partial charge in [0.05, 0.1) is 11.1 Å². The summed E-state index contributed by atoms with van der Waals surface area (Å²) >= 11 is 3.38. The van der Waals surface area contributed by atoms with Gasteiger partial charge in [-0.1, -0.05) is 17.7 Å². The predicted octanol–water partition coefficient (Wildman–Crippen LogP) is 4.43. The normalized spacial score (nSPS) is 14.6. The quantitative estimate of drug-likeness (QED) is 0.388. The Morgan fingerprint density at radius 2 is 2.07 bits per heavy atom. The van der Waals surface area contributed by atoms with E-state index >= 15 is 0 Å². The molecule has 144 valence electrons. The van der Waals surface area contributed by atoms with Gasteiger partial charge >= 0.3 is 11.9 Å². The Balaban J connectivity index is 1.98. The number of rotatable bonds is 5. The Labute approximate surface area is 171 Å². The van der Waals surface area contributed by atoms with E-state index in [-0.39, 0.29) is 17.3 Å². The van der Waals surface area contributed by atoms with Gasteiger partial charge in [-0.25, -0.2) is 9.79 Å². The van der Waals surface area contributed by atoms with Crippen LogP contribution in [0.15, 0.2) is 51.6 Å². The number of benzene rings is 2. The second kappa shape index (κ2) is 8.39. The van der Waals surface area contributed by atoms with Crippen molar-refractivity contribution in [2.75, 3.05) is 6.61 Å². The van der Waals surface area contributed by atoms with Crippen molar-refractivity contribution in [1.82, 2.24) is 0 Å². The number of ether oxygens (including phenoxy) is 3. The van der Waals surface area contributed by atoms with Gasteiger partial charge in [0.15, 0.2) is 17.2 Å². The molecule has 3 rings (SSSR count). The minimum Gasteiger partial charge on any atom is -0.490 e. The van der Waals surface area contributed by atoms with Crippen molar-refractivity contribution >= 4 is 39.8 Å². The summed E-state index contributed by atoms with van der Waals surface area (Å²) in [5.41, 5.74) is 2.59. The van der Waals surface area contributed by atoms with Crippen LogP contribution in [0.25, 0.3) is 6.08 Å². The first-order valence-corrected chi connectivity index (χ1v) is 9.41. The summed E-state index contributed by atoms with van der Waals surface area (Å²) in [6, 6.07) is 10.9. The maximum Gasteiger partial charge on any atom is 0.363 e. The Morgan fingerprint density at radius 3 is 2.75 bits per heavy atom. The van der Waals surface area contributed by atoms with Gasteiger partial charge in [-0.2, -0.15) is 0 Å². The van der Waals surface area contributed by atoms with E-state index in [1.165, 1.54) is 6.92 Å². The first-order chi connectivity index (χ1) is 13.4. The molecule has 2 aromatic carbocycles. The third-order valence-electron chi connectivity index (χ3n) is 3.77. The second-order valence-corrected chi connectivity index (χ2v) is 6.92. The Kier molecular flexibility index (Phi) is 5.94. The first kappa shape index (κ1) is 19.8. The number of nitrogens with zero attached hydrogens (tertiary/aromatic N) is 1. The lowest BCUT2D eigenvalue weighted by molar-refractivity contribution is -0.132. The van der Waals surface area contributed by atoms with E-state index in [9.17, 15) is 9.59 Å². The predicted molar refractivity (Wildman–Crippen MR) is 108 cm³/mol. The van der Waals surface area contributed by atoms with Crippen LogP contribution in [0.3, 0.4) is 0 Å². The zero-order valence-electron chi connectivity index (χ0n) is 15.6. The molecule has 0 unspecified atom stereocenters. The summed E-state index contributed by atoms with van der Waals surface area (Å²) in [5, 5.41) is 0. The van der Waals surface area contributed by atoms with Crippen LogP contribution < -0.4 is 9.47 Å². The highest BCUT2D eigenvalue weighted by Gasteiger charge is 2.24. The lowest BCUT2D eigenvalue weighted by Gasteiger charge is -2.12. The topological polar surface area (TPSA) is 74.2 Å². The van der Waals surface area contributed by atoms with Crippen LogP contribution >= 0.6 is 15.9 Å². The lowest BCUT2D eigenvalue weighted by atomic mass is 10.1. The molecule has 0 N–H and O–H groups in total. The molecule has 2 aromatic rings. The van der Waals surface area contributed by atoms with Crippen molar-refractivity contribution in [3.63, 3.8) is 0 Å². The average Bonchev–Trinajstić information content (AvgIpc) is 2.99. The molecule has 0 fully saturated rings. The fourth-order valence-corrected chi connectivity index (χ4v) is 3.19. The van der Waals surface area contributed by atoms with Crippen molar-refractivity contribution in [1.29, 1.82) is 0 Å². The number of carbonyl (C=O) groups is 2. The summed E-state index contributed by atoms with van der Waals surface area (Å²) in [4.78, 5) is 27.9. The zero-order chi connectivity index (χ0) is 20.3. The molecule has 0 aliphatic carbocycles. The van der Waals surface area contributed by atoms with Crippen molar-refractivity contribution in [2.45, 2.75) is 20.8 Å². The molecule has 1 aliphatic rings. The number of hydrogen-bond acceptors (Lipinski definition) is 6. The lowest BCUT2D eigenvalue weighted by Crippen LogP contribution is -2.06. The number of cyclic esters (lactones) is 1. The number of carbonyl (C=O) groups excluding carboxylic acids is 2. The smallest absolute Gasteiger partial charge is 0.363 e. The van der Waals surface area contributed by atoms with Crippen LogP contribution in [0, 0.1) is 6.92 Å². The van der Waals surface area contributed by atoms with Crippen molar-refractivity contribution in [3.8, 4) is 11.5 Å². The van der Waals surface area contributed by atoms with E-state index in [4.69, 9.17) is 14.2 Å². The fourth-order valence-electron chi connectivity index (χ4n) is 2.65. The van der Waals surface area contributed by atoms with Crippen LogP contribution in [0.1, 0.15) is 30.5 Å². The minimum atomic E-state index is -0.533. The molecule has 0 radical (unpaired) electrons. The molecule has 0 bridgehead atoms. The number of hydrogen-bond donors (Lipinski definition) is 0. The Morgan fingerprint density at radius 1 is 1.29 bits per heavy atom. The highest BCUT2D eigenvalue weighted by atomic mass is 79.9. The maximum absolute atomic E-state index is 12.2. The average molecular weight is 444 g/mol.